The molecule has 19 heavy (non-hydrogen) atoms. The molecule has 106 valence electrons. The maximum absolute atomic E-state index is 11.0. The molecule has 1 nitrogen and oxygen atoms in total. The Morgan fingerprint density at radius 3 is 2.32 bits per heavy atom. The van der Waals surface area contributed by atoms with E-state index < -0.39 is 5.60 Å². The summed E-state index contributed by atoms with van der Waals surface area (Å²) in [7, 11) is 0. The van der Waals surface area contributed by atoms with Gasteiger partial charge in [0, 0.05) is 5.02 Å². The van der Waals surface area contributed by atoms with E-state index in [9.17, 15) is 5.11 Å². The maximum atomic E-state index is 11.0. The van der Waals surface area contributed by atoms with Crippen LogP contribution in [-0.4, -0.2) is 5.11 Å². The highest BCUT2D eigenvalue weighted by Crippen LogP contribution is 2.43. The van der Waals surface area contributed by atoms with Gasteiger partial charge in [-0.2, -0.15) is 0 Å². The molecular formula is C17H25ClO. The second-order valence-electron chi connectivity index (χ2n) is 7.03. The standard InChI is InChI=1S/C17H25ClO/c1-16(2,3)13-5-4-11-17(19,12-10-13)14-6-8-15(18)9-7-14/h6-9,13,19H,4-5,10-12H2,1-3H3. The zero-order chi connectivity index (χ0) is 14.1. The lowest BCUT2D eigenvalue weighted by Crippen LogP contribution is -2.25. The van der Waals surface area contributed by atoms with Crippen LogP contribution in [0.15, 0.2) is 24.3 Å². The highest BCUT2D eigenvalue weighted by Gasteiger charge is 2.35. The fourth-order valence-electron chi connectivity index (χ4n) is 3.24. The van der Waals surface area contributed by atoms with E-state index in [4.69, 9.17) is 11.6 Å². The summed E-state index contributed by atoms with van der Waals surface area (Å²) in [5, 5.41) is 11.7. The van der Waals surface area contributed by atoms with E-state index in [-0.39, 0.29) is 0 Å². The van der Waals surface area contributed by atoms with E-state index in [1.54, 1.807) is 0 Å². The van der Waals surface area contributed by atoms with Gasteiger partial charge in [0.15, 0.2) is 0 Å². The van der Waals surface area contributed by atoms with Crippen LogP contribution in [0.1, 0.15) is 58.4 Å². The molecule has 0 aromatic heterocycles. The molecule has 1 fully saturated rings. The van der Waals surface area contributed by atoms with Gasteiger partial charge >= 0.3 is 0 Å². The fraction of sp³-hybridized carbons (Fsp3) is 0.647. The van der Waals surface area contributed by atoms with E-state index in [1.165, 1.54) is 6.42 Å². The summed E-state index contributed by atoms with van der Waals surface area (Å²) < 4.78 is 0. The predicted octanol–water partition coefficient (Wildman–Crippen LogP) is 5.15. The first-order chi connectivity index (χ1) is 8.81. The van der Waals surface area contributed by atoms with Crippen molar-refractivity contribution in [2.45, 2.75) is 58.5 Å². The number of hydrogen-bond acceptors (Lipinski definition) is 1. The van der Waals surface area contributed by atoms with Crippen LogP contribution in [0.3, 0.4) is 0 Å². The Labute approximate surface area is 122 Å². The summed E-state index contributed by atoms with van der Waals surface area (Å²) in [6, 6.07) is 7.70. The van der Waals surface area contributed by atoms with Crippen LogP contribution in [0.2, 0.25) is 5.02 Å². The van der Waals surface area contributed by atoms with Crippen molar-refractivity contribution >= 4 is 11.6 Å². The molecule has 1 aliphatic carbocycles. The SMILES string of the molecule is CC(C)(C)C1CCCC(O)(c2ccc(Cl)cc2)CC1. The third kappa shape index (κ3) is 3.52. The lowest BCUT2D eigenvalue weighted by atomic mass is 9.76. The number of aliphatic hydroxyl groups is 1. The molecule has 2 rings (SSSR count). The average molecular weight is 281 g/mol. The third-order valence-electron chi connectivity index (χ3n) is 4.66. The fourth-order valence-corrected chi connectivity index (χ4v) is 3.36. The van der Waals surface area contributed by atoms with Gasteiger partial charge < -0.3 is 5.11 Å². The van der Waals surface area contributed by atoms with Crippen LogP contribution in [0.4, 0.5) is 0 Å². The van der Waals surface area contributed by atoms with Gasteiger partial charge in [-0.15, -0.1) is 0 Å². The van der Waals surface area contributed by atoms with Crippen LogP contribution in [0, 0.1) is 11.3 Å². The Kier molecular flexibility index (Phi) is 4.27. The Bertz CT molecular complexity index is 418. The third-order valence-corrected chi connectivity index (χ3v) is 4.91. The molecule has 1 aromatic carbocycles. The number of rotatable bonds is 1. The Hall–Kier alpha value is -0.530. The Morgan fingerprint density at radius 1 is 1.11 bits per heavy atom. The van der Waals surface area contributed by atoms with Crippen molar-refractivity contribution in [3.63, 3.8) is 0 Å². The zero-order valence-electron chi connectivity index (χ0n) is 12.2. The predicted molar refractivity (Wildman–Crippen MR) is 81.4 cm³/mol. The van der Waals surface area contributed by atoms with E-state index in [2.05, 4.69) is 20.8 Å². The van der Waals surface area contributed by atoms with E-state index in [0.717, 1.165) is 36.3 Å². The zero-order valence-corrected chi connectivity index (χ0v) is 13.0. The minimum absolute atomic E-state index is 0.339. The van der Waals surface area contributed by atoms with Gasteiger partial charge in [-0.25, -0.2) is 0 Å². The van der Waals surface area contributed by atoms with E-state index >= 15 is 0 Å². The molecule has 1 aromatic rings. The first kappa shape index (κ1) is 14.9. The van der Waals surface area contributed by atoms with Crippen molar-refractivity contribution in [1.82, 2.24) is 0 Å². The summed E-state index contributed by atoms with van der Waals surface area (Å²) >= 11 is 5.93. The van der Waals surface area contributed by atoms with Gasteiger partial charge in [0.05, 0.1) is 5.60 Å². The summed E-state index contributed by atoms with van der Waals surface area (Å²) in [6.07, 6.45) is 5.14. The van der Waals surface area contributed by atoms with Gasteiger partial charge in [-0.05, 0) is 61.1 Å². The van der Waals surface area contributed by atoms with Crippen molar-refractivity contribution in [2.24, 2.45) is 11.3 Å². The first-order valence-corrected chi connectivity index (χ1v) is 7.67. The molecule has 2 atom stereocenters. The maximum Gasteiger partial charge on any atom is 0.0896 e. The second kappa shape index (κ2) is 5.46. The molecule has 2 unspecified atom stereocenters. The molecule has 0 radical (unpaired) electrons. The number of benzene rings is 1. The first-order valence-electron chi connectivity index (χ1n) is 7.30. The van der Waals surface area contributed by atoms with Crippen LogP contribution in [0.5, 0.6) is 0 Å². The summed E-state index contributed by atoms with van der Waals surface area (Å²) in [5.41, 5.74) is 0.696. The van der Waals surface area contributed by atoms with Gasteiger partial charge in [0.25, 0.3) is 0 Å². The highest BCUT2D eigenvalue weighted by atomic mass is 35.5. The quantitative estimate of drug-likeness (QED) is 0.705. The molecule has 0 saturated heterocycles. The van der Waals surface area contributed by atoms with Gasteiger partial charge in [0.1, 0.15) is 0 Å². The lowest BCUT2D eigenvalue weighted by molar-refractivity contribution is 0.0180. The molecule has 0 aliphatic heterocycles. The van der Waals surface area contributed by atoms with Crippen LogP contribution >= 0.6 is 11.6 Å². The molecule has 1 saturated carbocycles. The van der Waals surface area contributed by atoms with Gasteiger partial charge in [-0.3, -0.25) is 0 Å². The summed E-state index contributed by atoms with van der Waals surface area (Å²) in [4.78, 5) is 0. The molecule has 1 N–H and O–H groups in total. The van der Waals surface area contributed by atoms with Crippen LogP contribution in [0.25, 0.3) is 0 Å². The number of hydrogen-bond donors (Lipinski definition) is 1. The molecule has 0 heterocycles. The van der Waals surface area contributed by atoms with Gasteiger partial charge in [-0.1, -0.05) is 44.5 Å². The van der Waals surface area contributed by atoms with Crippen molar-refractivity contribution < 1.29 is 5.11 Å². The highest BCUT2D eigenvalue weighted by molar-refractivity contribution is 6.30. The summed E-state index contributed by atoms with van der Waals surface area (Å²) in [5.74, 6) is 0.703. The summed E-state index contributed by atoms with van der Waals surface area (Å²) in [6.45, 7) is 6.93. The molecule has 0 bridgehead atoms. The van der Waals surface area contributed by atoms with Crippen LogP contribution < -0.4 is 0 Å². The molecular weight excluding hydrogens is 256 g/mol. The second-order valence-corrected chi connectivity index (χ2v) is 7.47. The number of halogens is 1. The Balaban J connectivity index is 2.15. The average Bonchev–Trinajstić information content (AvgIpc) is 2.52. The topological polar surface area (TPSA) is 20.2 Å². The van der Waals surface area contributed by atoms with Gasteiger partial charge in [0.2, 0.25) is 0 Å². The van der Waals surface area contributed by atoms with E-state index in [1.807, 2.05) is 24.3 Å². The molecule has 0 spiro atoms. The monoisotopic (exact) mass is 280 g/mol. The van der Waals surface area contributed by atoms with Crippen molar-refractivity contribution in [1.29, 1.82) is 0 Å². The molecule has 2 heteroatoms. The van der Waals surface area contributed by atoms with Crippen molar-refractivity contribution in [2.75, 3.05) is 0 Å². The molecule has 1 aliphatic rings. The Morgan fingerprint density at radius 2 is 1.74 bits per heavy atom. The van der Waals surface area contributed by atoms with Crippen molar-refractivity contribution in [3.05, 3.63) is 34.9 Å². The minimum atomic E-state index is -0.662. The minimum Gasteiger partial charge on any atom is -0.385 e. The molecule has 0 amide bonds. The largest absolute Gasteiger partial charge is 0.385 e. The van der Waals surface area contributed by atoms with E-state index in [0.29, 0.717) is 11.3 Å². The van der Waals surface area contributed by atoms with Crippen molar-refractivity contribution in [3.8, 4) is 0 Å². The lowest BCUT2D eigenvalue weighted by Gasteiger charge is -2.31. The normalized spacial score (nSPS) is 29.0. The van der Waals surface area contributed by atoms with Crippen LogP contribution in [-0.2, 0) is 5.60 Å². The smallest absolute Gasteiger partial charge is 0.0896 e.